The Bertz CT molecular complexity index is 1030. The van der Waals surface area contributed by atoms with Gasteiger partial charge in [-0.25, -0.2) is 4.39 Å². The number of nitrogens with one attached hydrogen (secondary N) is 1. The number of hydrogen-bond acceptors (Lipinski definition) is 5. The highest BCUT2D eigenvalue weighted by Gasteiger charge is 2.21. The molecular formula is C22H24ClFN6O. The van der Waals surface area contributed by atoms with Crippen molar-refractivity contribution >= 4 is 23.2 Å². The van der Waals surface area contributed by atoms with Crippen molar-refractivity contribution in [3.8, 4) is 11.4 Å². The summed E-state index contributed by atoms with van der Waals surface area (Å²) in [6.45, 7) is 3.60. The van der Waals surface area contributed by atoms with Gasteiger partial charge in [0.25, 0.3) is 0 Å². The lowest BCUT2D eigenvalue weighted by atomic mass is 10.2. The number of rotatable bonds is 5. The number of para-hydroxylation sites is 1. The molecule has 162 valence electrons. The smallest absolute Gasteiger partial charge is 0.228 e. The molecule has 0 unspecified atom stereocenters. The van der Waals surface area contributed by atoms with Crippen molar-refractivity contribution in [3.05, 3.63) is 65.3 Å². The molecule has 1 saturated heterocycles. The Balaban J connectivity index is 1.27. The molecule has 1 aromatic heterocycles. The van der Waals surface area contributed by atoms with E-state index < -0.39 is 0 Å². The van der Waals surface area contributed by atoms with E-state index in [1.807, 2.05) is 24.3 Å². The van der Waals surface area contributed by atoms with Crippen LogP contribution in [0, 0.1) is 5.82 Å². The maximum absolute atomic E-state index is 14.0. The Morgan fingerprint density at radius 1 is 1.13 bits per heavy atom. The van der Waals surface area contributed by atoms with Crippen LogP contribution in [0.2, 0.25) is 5.02 Å². The molecule has 0 spiro atoms. The van der Waals surface area contributed by atoms with Gasteiger partial charge in [0.1, 0.15) is 5.82 Å². The van der Waals surface area contributed by atoms with Crippen LogP contribution in [-0.4, -0.2) is 60.8 Å². The Labute approximate surface area is 185 Å². The minimum atomic E-state index is -0.184. The number of piperazine rings is 1. The number of nitrogens with zero attached hydrogens (tertiary/aromatic N) is 5. The average Bonchev–Trinajstić information content (AvgIpc) is 3.27. The molecule has 9 heteroatoms. The van der Waals surface area contributed by atoms with Gasteiger partial charge in [0.05, 0.1) is 5.69 Å². The van der Waals surface area contributed by atoms with Crippen LogP contribution < -0.4 is 10.2 Å². The van der Waals surface area contributed by atoms with E-state index in [2.05, 4.69) is 30.2 Å². The van der Waals surface area contributed by atoms with Crippen LogP contribution in [0.15, 0.2) is 58.0 Å². The third kappa shape index (κ3) is 5.14. The van der Waals surface area contributed by atoms with Crippen LogP contribution >= 0.6 is 11.6 Å². The molecule has 1 fully saturated rings. The molecule has 1 N–H and O–H groups in total. The van der Waals surface area contributed by atoms with Crippen molar-refractivity contribution in [3.63, 3.8) is 0 Å². The van der Waals surface area contributed by atoms with E-state index in [0.717, 1.165) is 37.7 Å². The van der Waals surface area contributed by atoms with Gasteiger partial charge >= 0.3 is 0 Å². The first-order valence-corrected chi connectivity index (χ1v) is 10.6. The quantitative estimate of drug-likeness (QED) is 0.482. The lowest BCUT2D eigenvalue weighted by molar-refractivity contribution is 0.364. The van der Waals surface area contributed by atoms with Gasteiger partial charge in [0.2, 0.25) is 11.7 Å². The highest BCUT2D eigenvalue weighted by atomic mass is 35.5. The van der Waals surface area contributed by atoms with Crippen LogP contribution in [0.1, 0.15) is 5.89 Å². The summed E-state index contributed by atoms with van der Waals surface area (Å²) >= 11 is 5.92. The predicted octanol–water partition coefficient (Wildman–Crippen LogP) is 3.47. The van der Waals surface area contributed by atoms with Gasteiger partial charge in [0.15, 0.2) is 5.96 Å². The third-order valence-electron chi connectivity index (χ3n) is 5.18. The van der Waals surface area contributed by atoms with Gasteiger partial charge in [-0.1, -0.05) is 28.9 Å². The first-order valence-electron chi connectivity index (χ1n) is 10.2. The Kier molecular flexibility index (Phi) is 6.66. The minimum Gasteiger partial charge on any atom is -0.366 e. The molecule has 0 amide bonds. The van der Waals surface area contributed by atoms with Gasteiger partial charge < -0.3 is 19.6 Å². The summed E-state index contributed by atoms with van der Waals surface area (Å²) in [6, 6.07) is 14.2. The fourth-order valence-corrected chi connectivity index (χ4v) is 3.68. The Morgan fingerprint density at radius 3 is 2.58 bits per heavy atom. The van der Waals surface area contributed by atoms with E-state index in [0.29, 0.717) is 35.4 Å². The number of aromatic nitrogens is 2. The zero-order chi connectivity index (χ0) is 21.6. The largest absolute Gasteiger partial charge is 0.366 e. The maximum atomic E-state index is 14.0. The monoisotopic (exact) mass is 442 g/mol. The number of hydrogen-bond donors (Lipinski definition) is 1. The van der Waals surface area contributed by atoms with Crippen molar-refractivity contribution in [1.82, 2.24) is 20.4 Å². The molecule has 1 aliphatic heterocycles. The van der Waals surface area contributed by atoms with E-state index in [-0.39, 0.29) is 5.82 Å². The minimum absolute atomic E-state index is 0.184. The fraction of sp³-hybridized carbons (Fsp3) is 0.318. The fourth-order valence-electron chi connectivity index (χ4n) is 3.55. The molecule has 2 aromatic carbocycles. The molecule has 1 aliphatic rings. The van der Waals surface area contributed by atoms with Crippen LogP contribution in [0.5, 0.6) is 0 Å². The zero-order valence-corrected chi connectivity index (χ0v) is 18.0. The van der Waals surface area contributed by atoms with Crippen LogP contribution in [0.25, 0.3) is 11.4 Å². The molecule has 0 saturated carbocycles. The molecule has 7 nitrogen and oxygen atoms in total. The van der Waals surface area contributed by atoms with E-state index in [4.69, 9.17) is 16.1 Å². The number of benzene rings is 2. The number of guanidine groups is 1. The second-order valence-corrected chi connectivity index (χ2v) is 7.60. The Morgan fingerprint density at radius 2 is 1.87 bits per heavy atom. The summed E-state index contributed by atoms with van der Waals surface area (Å²) < 4.78 is 19.4. The first-order chi connectivity index (χ1) is 15.1. The van der Waals surface area contributed by atoms with Gasteiger partial charge in [-0.2, -0.15) is 4.98 Å². The van der Waals surface area contributed by atoms with E-state index in [1.54, 1.807) is 25.2 Å². The molecule has 4 rings (SSSR count). The van der Waals surface area contributed by atoms with Gasteiger partial charge in [0, 0.05) is 56.8 Å². The molecule has 0 aliphatic carbocycles. The Hall–Kier alpha value is -3.13. The second-order valence-electron chi connectivity index (χ2n) is 7.17. The van der Waals surface area contributed by atoms with Gasteiger partial charge in [-0.3, -0.25) is 4.99 Å². The molecule has 31 heavy (non-hydrogen) atoms. The highest BCUT2D eigenvalue weighted by molar-refractivity contribution is 6.30. The SMILES string of the molecule is CN=C(NCCc1nc(-c2ccc(Cl)cc2)no1)N1CCN(c2ccccc2F)CC1. The van der Waals surface area contributed by atoms with Crippen molar-refractivity contribution in [2.75, 3.05) is 44.7 Å². The standard InChI is InChI=1S/C22H24ClFN6O/c1-25-22(30-14-12-29(13-15-30)19-5-3-2-4-18(19)24)26-11-10-20-27-21(28-31-20)16-6-8-17(23)9-7-16/h2-9H,10-15H2,1H3,(H,25,26). The van der Waals surface area contributed by atoms with Crippen molar-refractivity contribution < 1.29 is 8.91 Å². The summed E-state index contributed by atoms with van der Waals surface area (Å²) in [7, 11) is 1.76. The highest BCUT2D eigenvalue weighted by Crippen LogP contribution is 2.20. The second kappa shape index (κ2) is 9.78. The molecule has 0 atom stereocenters. The molecule has 0 bridgehead atoms. The molecule has 2 heterocycles. The van der Waals surface area contributed by atoms with E-state index >= 15 is 0 Å². The van der Waals surface area contributed by atoms with Crippen molar-refractivity contribution in [2.45, 2.75) is 6.42 Å². The van der Waals surface area contributed by atoms with Crippen molar-refractivity contribution in [1.29, 1.82) is 0 Å². The number of halogens is 2. The first kappa shape index (κ1) is 21.1. The van der Waals surface area contributed by atoms with E-state index in [9.17, 15) is 4.39 Å². The van der Waals surface area contributed by atoms with Gasteiger partial charge in [-0.15, -0.1) is 0 Å². The topological polar surface area (TPSA) is 69.8 Å². The lowest BCUT2D eigenvalue weighted by Crippen LogP contribution is -2.53. The predicted molar refractivity (Wildman–Crippen MR) is 120 cm³/mol. The summed E-state index contributed by atoms with van der Waals surface area (Å²) in [6.07, 6.45) is 0.578. The molecular weight excluding hydrogens is 419 g/mol. The van der Waals surface area contributed by atoms with Crippen LogP contribution in [0.3, 0.4) is 0 Å². The molecule has 3 aromatic rings. The number of anilines is 1. The lowest BCUT2D eigenvalue weighted by Gasteiger charge is -2.37. The summed E-state index contributed by atoms with van der Waals surface area (Å²) in [4.78, 5) is 13.1. The van der Waals surface area contributed by atoms with Crippen LogP contribution in [-0.2, 0) is 6.42 Å². The normalized spacial score (nSPS) is 14.7. The zero-order valence-electron chi connectivity index (χ0n) is 17.3. The van der Waals surface area contributed by atoms with E-state index in [1.165, 1.54) is 6.07 Å². The summed E-state index contributed by atoms with van der Waals surface area (Å²) in [5.41, 5.74) is 1.51. The summed E-state index contributed by atoms with van der Waals surface area (Å²) in [5, 5.41) is 8.05. The maximum Gasteiger partial charge on any atom is 0.228 e. The van der Waals surface area contributed by atoms with Gasteiger partial charge in [-0.05, 0) is 36.4 Å². The van der Waals surface area contributed by atoms with Crippen molar-refractivity contribution in [2.24, 2.45) is 4.99 Å². The average molecular weight is 443 g/mol. The molecule has 0 radical (unpaired) electrons. The third-order valence-corrected chi connectivity index (χ3v) is 5.43. The van der Waals surface area contributed by atoms with Crippen LogP contribution in [0.4, 0.5) is 10.1 Å². The summed E-state index contributed by atoms with van der Waals surface area (Å²) in [5.74, 6) is 1.72. The number of aliphatic imine (C=N–C) groups is 1.